The van der Waals surface area contributed by atoms with E-state index in [0.29, 0.717) is 22.9 Å². The monoisotopic (exact) mass is 527 g/mol. The molecule has 1 atom stereocenters. The minimum absolute atomic E-state index is 0.0377. The molecule has 194 valence electrons. The number of unbranched alkanes of at least 4 members (excludes halogenated alkanes) is 1. The van der Waals surface area contributed by atoms with Crippen molar-refractivity contribution >= 4 is 29.1 Å². The van der Waals surface area contributed by atoms with Crippen molar-refractivity contribution in [3.63, 3.8) is 0 Å². The van der Waals surface area contributed by atoms with Gasteiger partial charge < -0.3 is 14.2 Å². The molecule has 1 unspecified atom stereocenters. The van der Waals surface area contributed by atoms with Gasteiger partial charge in [-0.1, -0.05) is 49.2 Å². The summed E-state index contributed by atoms with van der Waals surface area (Å²) in [4.78, 5) is 31.3. The van der Waals surface area contributed by atoms with Crippen LogP contribution in [0.4, 0.5) is 5.69 Å². The highest BCUT2D eigenvalue weighted by molar-refractivity contribution is 6.30. The summed E-state index contributed by atoms with van der Waals surface area (Å²) in [6.07, 6.45) is 3.73. The zero-order valence-corrected chi connectivity index (χ0v) is 22.3. The van der Waals surface area contributed by atoms with Crippen LogP contribution in [0.1, 0.15) is 47.4 Å². The van der Waals surface area contributed by atoms with E-state index in [0.717, 1.165) is 35.5 Å². The van der Waals surface area contributed by atoms with Crippen LogP contribution in [0.25, 0.3) is 5.69 Å². The highest BCUT2D eigenvalue weighted by atomic mass is 35.5. The van der Waals surface area contributed by atoms with E-state index in [1.807, 2.05) is 71.8 Å². The van der Waals surface area contributed by atoms with Crippen LogP contribution in [0, 0.1) is 0 Å². The molecular formula is C31H30ClN3O3. The number of hydrogen-bond donors (Lipinski definition) is 0. The number of amides is 2. The van der Waals surface area contributed by atoms with Crippen molar-refractivity contribution in [2.75, 3.05) is 25.1 Å². The maximum Gasteiger partial charge on any atom is 0.254 e. The van der Waals surface area contributed by atoms with E-state index in [1.165, 1.54) is 0 Å². The van der Waals surface area contributed by atoms with Crippen molar-refractivity contribution in [2.45, 2.75) is 25.8 Å². The van der Waals surface area contributed by atoms with E-state index in [9.17, 15) is 9.59 Å². The Bertz CT molecular complexity index is 1430. The molecule has 0 saturated carbocycles. The van der Waals surface area contributed by atoms with Crippen LogP contribution >= 0.6 is 11.6 Å². The van der Waals surface area contributed by atoms with Gasteiger partial charge in [-0.3, -0.25) is 14.5 Å². The van der Waals surface area contributed by atoms with Crippen molar-refractivity contribution in [3.8, 4) is 11.4 Å². The SMILES string of the molecule is CCCCN(CC(=O)N1c2ccccc2-n2cccc2C1c1ccc(Cl)cc1)C(=O)c1ccc(OC)cc1. The zero-order valence-electron chi connectivity index (χ0n) is 21.5. The molecule has 6 nitrogen and oxygen atoms in total. The maximum atomic E-state index is 14.2. The van der Waals surface area contributed by atoms with Crippen LogP contribution in [0.3, 0.4) is 0 Å². The number of rotatable bonds is 8. The first kappa shape index (κ1) is 25.6. The Morgan fingerprint density at radius 1 is 0.921 bits per heavy atom. The molecule has 5 rings (SSSR count). The number of ether oxygens (including phenoxy) is 1. The van der Waals surface area contributed by atoms with Gasteiger partial charge in [-0.05, 0) is 72.6 Å². The molecule has 38 heavy (non-hydrogen) atoms. The lowest BCUT2D eigenvalue weighted by Gasteiger charge is -2.39. The van der Waals surface area contributed by atoms with E-state index in [4.69, 9.17) is 16.3 Å². The quantitative estimate of drug-likeness (QED) is 0.262. The molecule has 1 aliphatic heterocycles. The first-order valence-electron chi connectivity index (χ1n) is 12.8. The molecule has 7 heteroatoms. The predicted molar refractivity (Wildman–Crippen MR) is 150 cm³/mol. The summed E-state index contributed by atoms with van der Waals surface area (Å²) in [6, 6.07) is 26.1. The van der Waals surface area contributed by atoms with Gasteiger partial charge in [-0.2, -0.15) is 0 Å². The number of carbonyl (C=O) groups excluding carboxylic acids is 2. The first-order chi connectivity index (χ1) is 18.5. The highest BCUT2D eigenvalue weighted by Crippen LogP contribution is 2.42. The zero-order chi connectivity index (χ0) is 26.6. The number of carbonyl (C=O) groups is 2. The van der Waals surface area contributed by atoms with Crippen LogP contribution in [0.15, 0.2) is 91.1 Å². The number of para-hydroxylation sites is 2. The third-order valence-corrected chi connectivity index (χ3v) is 7.16. The first-order valence-corrected chi connectivity index (χ1v) is 13.2. The van der Waals surface area contributed by atoms with Gasteiger partial charge in [-0.15, -0.1) is 0 Å². The number of methoxy groups -OCH3 is 1. The molecule has 0 N–H and O–H groups in total. The average molecular weight is 528 g/mol. The highest BCUT2D eigenvalue weighted by Gasteiger charge is 2.37. The van der Waals surface area contributed by atoms with Gasteiger partial charge >= 0.3 is 0 Å². The molecule has 0 aliphatic carbocycles. The number of nitrogens with zero attached hydrogens (tertiary/aromatic N) is 3. The molecule has 0 saturated heterocycles. The Morgan fingerprint density at radius 2 is 1.63 bits per heavy atom. The smallest absolute Gasteiger partial charge is 0.254 e. The van der Waals surface area contributed by atoms with E-state index in [1.54, 1.807) is 36.3 Å². The molecule has 3 aromatic carbocycles. The number of anilines is 1. The summed E-state index contributed by atoms with van der Waals surface area (Å²) >= 11 is 6.20. The van der Waals surface area contributed by atoms with Crippen molar-refractivity contribution in [1.29, 1.82) is 0 Å². The summed E-state index contributed by atoms with van der Waals surface area (Å²) in [5.41, 5.74) is 4.16. The molecule has 0 spiro atoms. The Labute approximate surface area is 228 Å². The minimum Gasteiger partial charge on any atom is -0.497 e. The minimum atomic E-state index is -0.367. The second-order valence-electron chi connectivity index (χ2n) is 9.32. The lowest BCUT2D eigenvalue weighted by Crippen LogP contribution is -2.47. The van der Waals surface area contributed by atoms with Crippen molar-refractivity contribution in [2.24, 2.45) is 0 Å². The lowest BCUT2D eigenvalue weighted by molar-refractivity contribution is -0.119. The molecule has 0 radical (unpaired) electrons. The summed E-state index contributed by atoms with van der Waals surface area (Å²) < 4.78 is 7.36. The van der Waals surface area contributed by atoms with E-state index in [2.05, 4.69) is 11.5 Å². The Morgan fingerprint density at radius 3 is 2.32 bits per heavy atom. The second kappa shape index (κ2) is 11.2. The summed E-state index contributed by atoms with van der Waals surface area (Å²) in [7, 11) is 1.59. The fraction of sp³-hybridized carbons (Fsp3) is 0.226. The van der Waals surface area contributed by atoms with Crippen molar-refractivity contribution < 1.29 is 14.3 Å². The van der Waals surface area contributed by atoms with Gasteiger partial charge in [0.25, 0.3) is 5.91 Å². The van der Waals surface area contributed by atoms with Gasteiger partial charge in [0.2, 0.25) is 5.91 Å². The Hall–Kier alpha value is -4.03. The number of fused-ring (bicyclic) bond motifs is 3. The predicted octanol–water partition coefficient (Wildman–Crippen LogP) is 6.52. The summed E-state index contributed by atoms with van der Waals surface area (Å²) in [5, 5.41) is 0.633. The molecule has 2 heterocycles. The third-order valence-electron chi connectivity index (χ3n) is 6.91. The Balaban J connectivity index is 1.53. The number of hydrogen-bond acceptors (Lipinski definition) is 3. The van der Waals surface area contributed by atoms with Crippen LogP contribution in [0.2, 0.25) is 5.02 Å². The van der Waals surface area contributed by atoms with Gasteiger partial charge in [0.05, 0.1) is 24.2 Å². The summed E-state index contributed by atoms with van der Waals surface area (Å²) in [6.45, 7) is 2.53. The fourth-order valence-electron chi connectivity index (χ4n) is 4.98. The molecular weight excluding hydrogens is 498 g/mol. The van der Waals surface area contributed by atoms with E-state index >= 15 is 0 Å². The van der Waals surface area contributed by atoms with Crippen LogP contribution < -0.4 is 9.64 Å². The fourth-order valence-corrected chi connectivity index (χ4v) is 5.11. The lowest BCUT2D eigenvalue weighted by atomic mass is 9.97. The molecule has 1 aromatic heterocycles. The van der Waals surface area contributed by atoms with Crippen molar-refractivity contribution in [3.05, 3.63) is 113 Å². The van der Waals surface area contributed by atoms with Gasteiger partial charge in [-0.25, -0.2) is 0 Å². The largest absolute Gasteiger partial charge is 0.497 e. The molecule has 1 aliphatic rings. The van der Waals surface area contributed by atoms with Gasteiger partial charge in [0.15, 0.2) is 0 Å². The number of aromatic nitrogens is 1. The van der Waals surface area contributed by atoms with Crippen LogP contribution in [-0.2, 0) is 4.79 Å². The topological polar surface area (TPSA) is 54.8 Å². The average Bonchev–Trinajstić information content (AvgIpc) is 3.45. The van der Waals surface area contributed by atoms with E-state index in [-0.39, 0.29) is 24.4 Å². The number of benzene rings is 3. The van der Waals surface area contributed by atoms with Crippen LogP contribution in [-0.4, -0.2) is 41.5 Å². The van der Waals surface area contributed by atoms with Gasteiger partial charge in [0, 0.05) is 23.3 Å². The molecule has 0 bridgehead atoms. The normalized spacial score (nSPS) is 14.0. The standard InChI is InChI=1S/C31H30ClN3O3/c1-3-4-19-33(31(37)23-13-17-25(38-2)18-14-23)21-29(36)35-27-9-6-5-8-26(27)34-20-7-10-28(34)30(35)22-11-15-24(32)16-12-22/h5-18,20,30H,3-4,19,21H2,1-2H3. The van der Waals surface area contributed by atoms with E-state index < -0.39 is 0 Å². The third kappa shape index (κ3) is 4.92. The maximum absolute atomic E-state index is 14.2. The number of halogens is 1. The summed E-state index contributed by atoms with van der Waals surface area (Å²) in [5.74, 6) is 0.352. The van der Waals surface area contributed by atoms with Crippen LogP contribution in [0.5, 0.6) is 5.75 Å². The molecule has 2 amide bonds. The second-order valence-corrected chi connectivity index (χ2v) is 9.75. The molecule has 4 aromatic rings. The van der Waals surface area contributed by atoms with Crippen molar-refractivity contribution in [1.82, 2.24) is 9.47 Å². The van der Waals surface area contributed by atoms with Gasteiger partial charge in [0.1, 0.15) is 18.3 Å². The Kier molecular flexibility index (Phi) is 7.52. The molecule has 0 fully saturated rings.